The molecule has 2 aromatic rings. The van der Waals surface area contributed by atoms with Crippen LogP contribution in [-0.4, -0.2) is 9.97 Å². The molecule has 0 saturated carbocycles. The number of hydrogen-bond donors (Lipinski definition) is 0. The van der Waals surface area contributed by atoms with E-state index in [1.54, 1.807) is 11.3 Å². The maximum absolute atomic E-state index is 4.30. The minimum absolute atomic E-state index is 0.859. The van der Waals surface area contributed by atoms with Crippen LogP contribution in [0.25, 0.3) is 10.2 Å². The predicted molar refractivity (Wildman–Crippen MR) is 58.2 cm³/mol. The Balaban J connectivity index is 0.000000396. The Kier molecular flexibility index (Phi) is 3.37. The van der Waals surface area contributed by atoms with E-state index in [2.05, 4.69) is 16.0 Å². The molecule has 0 fully saturated rings. The Morgan fingerprint density at radius 2 is 1.85 bits per heavy atom. The molecule has 0 spiro atoms. The average Bonchev–Trinajstić information content (AvgIpc) is 2.55. The molecule has 2 rings (SSSR count). The maximum atomic E-state index is 4.30. The summed E-state index contributed by atoms with van der Waals surface area (Å²) >= 11 is 1.66. The van der Waals surface area contributed by atoms with Crippen molar-refractivity contribution in [3.63, 3.8) is 0 Å². The van der Waals surface area contributed by atoms with Crippen molar-refractivity contribution in [2.75, 3.05) is 0 Å². The molecule has 0 aliphatic heterocycles. The van der Waals surface area contributed by atoms with Crippen LogP contribution in [0.5, 0.6) is 0 Å². The molecule has 2 aromatic heterocycles. The third kappa shape index (κ3) is 2.04. The molecule has 0 aromatic carbocycles. The number of hydrogen-bond acceptors (Lipinski definition) is 3. The van der Waals surface area contributed by atoms with Crippen molar-refractivity contribution in [2.45, 2.75) is 27.7 Å². The van der Waals surface area contributed by atoms with Gasteiger partial charge in [-0.3, -0.25) is 0 Å². The summed E-state index contributed by atoms with van der Waals surface area (Å²) in [6.45, 7) is 7.94. The summed E-state index contributed by atoms with van der Waals surface area (Å²) in [6, 6.07) is 2.06. The number of aromatic nitrogens is 2. The zero-order valence-corrected chi connectivity index (χ0v) is 9.27. The molecule has 0 unspecified atom stereocenters. The minimum Gasteiger partial charge on any atom is -0.238 e. The number of rotatable bonds is 0. The molecule has 0 radical (unpaired) electrons. The van der Waals surface area contributed by atoms with Gasteiger partial charge in [0, 0.05) is 11.1 Å². The molecule has 0 aliphatic rings. The highest BCUT2D eigenvalue weighted by molar-refractivity contribution is 7.16. The van der Waals surface area contributed by atoms with Crippen LogP contribution in [0.2, 0.25) is 0 Å². The highest BCUT2D eigenvalue weighted by Crippen LogP contribution is 2.20. The van der Waals surface area contributed by atoms with E-state index in [0.717, 1.165) is 16.3 Å². The molecule has 0 aliphatic carbocycles. The summed E-state index contributed by atoms with van der Waals surface area (Å²) in [4.78, 5) is 9.67. The van der Waals surface area contributed by atoms with E-state index >= 15 is 0 Å². The van der Waals surface area contributed by atoms with Gasteiger partial charge in [0.05, 0.1) is 0 Å². The van der Waals surface area contributed by atoms with Crippen LogP contribution in [0.4, 0.5) is 0 Å². The minimum atomic E-state index is 0.859. The zero-order chi connectivity index (χ0) is 9.84. The summed E-state index contributed by atoms with van der Waals surface area (Å²) in [5.41, 5.74) is 1.08. The summed E-state index contributed by atoms with van der Waals surface area (Å²) in [6.07, 6.45) is 0. The number of aryl methyl sites for hydroxylation is 2. The van der Waals surface area contributed by atoms with Gasteiger partial charge >= 0.3 is 0 Å². The van der Waals surface area contributed by atoms with E-state index in [-0.39, 0.29) is 0 Å². The number of nitrogens with zero attached hydrogens (tertiary/aromatic N) is 2. The lowest BCUT2D eigenvalue weighted by atomic mass is 10.3. The molecule has 2 nitrogen and oxygen atoms in total. The second kappa shape index (κ2) is 4.33. The van der Waals surface area contributed by atoms with Gasteiger partial charge < -0.3 is 0 Å². The van der Waals surface area contributed by atoms with Gasteiger partial charge in [0.2, 0.25) is 0 Å². The summed E-state index contributed by atoms with van der Waals surface area (Å²) in [5, 5.41) is 3.23. The number of fused-ring (bicyclic) bond motifs is 1. The molecule has 13 heavy (non-hydrogen) atoms. The third-order valence-electron chi connectivity index (χ3n) is 1.63. The molecular weight excluding hydrogens is 180 g/mol. The van der Waals surface area contributed by atoms with E-state index in [0.29, 0.717) is 0 Å². The molecule has 0 saturated heterocycles. The van der Waals surface area contributed by atoms with Crippen LogP contribution in [0.3, 0.4) is 0 Å². The van der Waals surface area contributed by atoms with Gasteiger partial charge in [-0.2, -0.15) is 0 Å². The Bertz CT molecular complexity index is 393. The standard InChI is InChI=1S/C8H8N2S.C2H6/c1-5-7-3-4-11-8(7)10-6(2)9-5;1-2/h3-4H,1-2H3;1-2H3. The first-order valence-electron chi connectivity index (χ1n) is 4.46. The first-order valence-corrected chi connectivity index (χ1v) is 5.34. The molecule has 70 valence electrons. The monoisotopic (exact) mass is 194 g/mol. The highest BCUT2D eigenvalue weighted by Gasteiger charge is 2.00. The summed E-state index contributed by atoms with van der Waals surface area (Å²) < 4.78 is 0. The Hall–Kier alpha value is -0.960. The lowest BCUT2D eigenvalue weighted by molar-refractivity contribution is 1.06. The van der Waals surface area contributed by atoms with E-state index < -0.39 is 0 Å². The van der Waals surface area contributed by atoms with Crippen LogP contribution in [0.15, 0.2) is 11.4 Å². The van der Waals surface area contributed by atoms with E-state index in [9.17, 15) is 0 Å². The Labute approximate surface area is 82.7 Å². The quantitative estimate of drug-likeness (QED) is 0.643. The van der Waals surface area contributed by atoms with Crippen LogP contribution < -0.4 is 0 Å². The largest absolute Gasteiger partial charge is 0.238 e. The van der Waals surface area contributed by atoms with Gasteiger partial charge in [-0.1, -0.05) is 13.8 Å². The lowest BCUT2D eigenvalue weighted by Gasteiger charge is -1.95. The lowest BCUT2D eigenvalue weighted by Crippen LogP contribution is -1.89. The molecule has 3 heteroatoms. The van der Waals surface area contributed by atoms with Crippen molar-refractivity contribution in [3.05, 3.63) is 23.0 Å². The normalized spacial score (nSPS) is 9.54. The molecule has 0 amide bonds. The second-order valence-corrected chi connectivity index (χ2v) is 3.39. The van der Waals surface area contributed by atoms with E-state index in [1.165, 1.54) is 5.39 Å². The van der Waals surface area contributed by atoms with Crippen LogP contribution in [-0.2, 0) is 0 Å². The molecule has 0 N–H and O–H groups in total. The summed E-state index contributed by atoms with van der Waals surface area (Å²) in [7, 11) is 0. The van der Waals surface area contributed by atoms with Crippen molar-refractivity contribution < 1.29 is 0 Å². The first-order chi connectivity index (χ1) is 6.27. The fourth-order valence-electron chi connectivity index (χ4n) is 1.14. The first kappa shape index (κ1) is 10.1. The predicted octanol–water partition coefficient (Wildman–Crippen LogP) is 3.33. The molecular formula is C10H14N2S. The third-order valence-corrected chi connectivity index (χ3v) is 2.43. The van der Waals surface area contributed by atoms with Crippen molar-refractivity contribution in [1.82, 2.24) is 9.97 Å². The van der Waals surface area contributed by atoms with Gasteiger partial charge in [0.25, 0.3) is 0 Å². The fraction of sp³-hybridized carbons (Fsp3) is 0.400. The molecule has 0 atom stereocenters. The van der Waals surface area contributed by atoms with E-state index in [4.69, 9.17) is 0 Å². The second-order valence-electron chi connectivity index (χ2n) is 2.50. The molecule has 2 heterocycles. The average molecular weight is 194 g/mol. The van der Waals surface area contributed by atoms with Crippen molar-refractivity contribution in [2.24, 2.45) is 0 Å². The van der Waals surface area contributed by atoms with Gasteiger partial charge in [0.15, 0.2) is 0 Å². The zero-order valence-electron chi connectivity index (χ0n) is 8.46. The maximum Gasteiger partial charge on any atom is 0.127 e. The SMILES string of the molecule is CC.Cc1nc(C)c2ccsc2n1. The van der Waals surface area contributed by atoms with E-state index in [1.807, 2.05) is 33.1 Å². The van der Waals surface area contributed by atoms with Crippen molar-refractivity contribution in [3.8, 4) is 0 Å². The van der Waals surface area contributed by atoms with Crippen LogP contribution in [0, 0.1) is 13.8 Å². The van der Waals surface area contributed by atoms with Gasteiger partial charge in [-0.25, -0.2) is 9.97 Å². The fourth-order valence-corrected chi connectivity index (χ4v) is 2.00. The Morgan fingerprint density at radius 3 is 2.54 bits per heavy atom. The molecule has 0 bridgehead atoms. The van der Waals surface area contributed by atoms with Gasteiger partial charge in [-0.05, 0) is 25.3 Å². The topological polar surface area (TPSA) is 25.8 Å². The van der Waals surface area contributed by atoms with Gasteiger partial charge in [-0.15, -0.1) is 11.3 Å². The van der Waals surface area contributed by atoms with Gasteiger partial charge in [0.1, 0.15) is 10.7 Å². The highest BCUT2D eigenvalue weighted by atomic mass is 32.1. The van der Waals surface area contributed by atoms with Crippen LogP contribution >= 0.6 is 11.3 Å². The van der Waals surface area contributed by atoms with Crippen LogP contribution in [0.1, 0.15) is 25.4 Å². The van der Waals surface area contributed by atoms with Crippen molar-refractivity contribution in [1.29, 1.82) is 0 Å². The number of thiophene rings is 1. The summed E-state index contributed by atoms with van der Waals surface area (Å²) in [5.74, 6) is 0.859. The van der Waals surface area contributed by atoms with Crippen molar-refractivity contribution >= 4 is 21.6 Å². The Morgan fingerprint density at radius 1 is 1.15 bits per heavy atom. The smallest absolute Gasteiger partial charge is 0.127 e.